The maximum absolute atomic E-state index is 13.3. The van der Waals surface area contributed by atoms with Crippen LogP contribution >= 0.6 is 0 Å². The number of methoxy groups -OCH3 is 1. The zero-order valence-corrected chi connectivity index (χ0v) is 13.8. The second kappa shape index (κ2) is 6.75. The van der Waals surface area contributed by atoms with Crippen molar-refractivity contribution in [3.63, 3.8) is 0 Å². The average Bonchev–Trinajstić information content (AvgIpc) is 2.62. The molecule has 1 aliphatic heterocycles. The maximum Gasteiger partial charge on any atom is 0.145 e. The van der Waals surface area contributed by atoms with Gasteiger partial charge in [-0.15, -0.1) is 0 Å². The molecular weight excluding hydrogens is 307 g/mol. The third-order valence-corrected chi connectivity index (χ3v) is 4.27. The topological polar surface area (TPSA) is 52.4 Å². The molecule has 0 amide bonds. The van der Waals surface area contributed by atoms with Gasteiger partial charge in [0, 0.05) is 32.2 Å². The molecule has 24 heavy (non-hydrogen) atoms. The van der Waals surface area contributed by atoms with Crippen molar-refractivity contribution in [1.82, 2.24) is 4.98 Å². The number of piperazine rings is 1. The Balaban J connectivity index is 1.73. The Morgan fingerprint density at radius 2 is 1.83 bits per heavy atom. The number of hydrogen-bond acceptors (Lipinski definition) is 5. The number of aromatic nitrogens is 1. The van der Waals surface area contributed by atoms with Gasteiger partial charge in [0.2, 0.25) is 0 Å². The van der Waals surface area contributed by atoms with Crippen LogP contribution in [-0.4, -0.2) is 38.3 Å². The van der Waals surface area contributed by atoms with Crippen molar-refractivity contribution in [3.05, 3.63) is 47.4 Å². The van der Waals surface area contributed by atoms with Crippen molar-refractivity contribution >= 4 is 11.5 Å². The Kier molecular flexibility index (Phi) is 4.52. The molecule has 0 spiro atoms. The Labute approximate surface area is 140 Å². The van der Waals surface area contributed by atoms with E-state index in [0.29, 0.717) is 11.4 Å². The van der Waals surface area contributed by atoms with Gasteiger partial charge in [-0.25, -0.2) is 9.37 Å². The smallest absolute Gasteiger partial charge is 0.145 e. The molecule has 0 atom stereocenters. The molecule has 0 unspecified atom stereocenters. The highest BCUT2D eigenvalue weighted by molar-refractivity contribution is 5.60. The standard InChI is InChI=1S/C18H19FN4O/c1-13-3-6-18(21-15(13)12-20)23-9-7-22(8-10-23)16-5-4-14(19)11-17(16)24-2/h3-6,11H,7-10H2,1-2H3. The molecule has 0 radical (unpaired) electrons. The number of pyridine rings is 1. The molecule has 2 heterocycles. The average molecular weight is 326 g/mol. The molecule has 6 heteroatoms. The summed E-state index contributed by atoms with van der Waals surface area (Å²) in [7, 11) is 1.55. The van der Waals surface area contributed by atoms with Gasteiger partial charge in [0.25, 0.3) is 0 Å². The lowest BCUT2D eigenvalue weighted by Crippen LogP contribution is -2.47. The van der Waals surface area contributed by atoms with Gasteiger partial charge >= 0.3 is 0 Å². The molecule has 2 aromatic rings. The second-order valence-electron chi connectivity index (χ2n) is 5.74. The van der Waals surface area contributed by atoms with Gasteiger partial charge in [0.15, 0.2) is 0 Å². The van der Waals surface area contributed by atoms with Crippen molar-refractivity contribution < 1.29 is 9.13 Å². The molecular formula is C18H19FN4O. The minimum atomic E-state index is -0.304. The van der Waals surface area contributed by atoms with E-state index in [1.807, 2.05) is 19.1 Å². The van der Waals surface area contributed by atoms with Crippen LogP contribution in [0.5, 0.6) is 5.75 Å². The van der Waals surface area contributed by atoms with E-state index in [9.17, 15) is 4.39 Å². The van der Waals surface area contributed by atoms with Crippen LogP contribution in [0.2, 0.25) is 0 Å². The molecule has 0 aliphatic carbocycles. The summed E-state index contributed by atoms with van der Waals surface area (Å²) >= 11 is 0. The number of benzene rings is 1. The first-order chi connectivity index (χ1) is 11.6. The Bertz CT molecular complexity index is 779. The summed E-state index contributed by atoms with van der Waals surface area (Å²) in [5.41, 5.74) is 2.25. The van der Waals surface area contributed by atoms with Crippen LogP contribution in [0.3, 0.4) is 0 Å². The molecule has 1 saturated heterocycles. The van der Waals surface area contributed by atoms with Crippen molar-refractivity contribution in [2.75, 3.05) is 43.1 Å². The zero-order valence-electron chi connectivity index (χ0n) is 13.8. The number of anilines is 2. The SMILES string of the molecule is COc1cc(F)ccc1N1CCN(c2ccc(C)c(C#N)n2)CC1. The minimum Gasteiger partial charge on any atom is -0.494 e. The minimum absolute atomic E-state index is 0.304. The highest BCUT2D eigenvalue weighted by atomic mass is 19.1. The number of nitrogens with zero attached hydrogens (tertiary/aromatic N) is 4. The molecule has 3 rings (SSSR count). The molecule has 5 nitrogen and oxygen atoms in total. The Morgan fingerprint density at radius 3 is 2.50 bits per heavy atom. The van der Waals surface area contributed by atoms with Crippen molar-refractivity contribution in [2.24, 2.45) is 0 Å². The van der Waals surface area contributed by atoms with Crippen LogP contribution in [0.4, 0.5) is 15.9 Å². The van der Waals surface area contributed by atoms with Gasteiger partial charge < -0.3 is 14.5 Å². The van der Waals surface area contributed by atoms with Crippen LogP contribution in [0.25, 0.3) is 0 Å². The van der Waals surface area contributed by atoms with E-state index in [1.54, 1.807) is 13.2 Å². The number of hydrogen-bond donors (Lipinski definition) is 0. The van der Waals surface area contributed by atoms with Gasteiger partial charge in [-0.3, -0.25) is 0 Å². The van der Waals surface area contributed by atoms with E-state index in [-0.39, 0.29) is 5.82 Å². The lowest BCUT2D eigenvalue weighted by molar-refractivity contribution is 0.410. The van der Waals surface area contributed by atoms with Gasteiger partial charge in [0.05, 0.1) is 12.8 Å². The van der Waals surface area contributed by atoms with E-state index >= 15 is 0 Å². The highest BCUT2D eigenvalue weighted by Crippen LogP contribution is 2.30. The zero-order chi connectivity index (χ0) is 17.1. The number of ether oxygens (including phenoxy) is 1. The monoisotopic (exact) mass is 326 g/mol. The third-order valence-electron chi connectivity index (χ3n) is 4.27. The largest absolute Gasteiger partial charge is 0.494 e. The molecule has 1 aromatic carbocycles. The molecule has 0 saturated carbocycles. The summed E-state index contributed by atoms with van der Waals surface area (Å²) in [5.74, 6) is 1.06. The summed E-state index contributed by atoms with van der Waals surface area (Å²) < 4.78 is 18.6. The summed E-state index contributed by atoms with van der Waals surface area (Å²) in [4.78, 5) is 8.76. The Morgan fingerprint density at radius 1 is 1.12 bits per heavy atom. The molecule has 1 aromatic heterocycles. The highest BCUT2D eigenvalue weighted by Gasteiger charge is 2.21. The number of aryl methyl sites for hydroxylation is 1. The van der Waals surface area contributed by atoms with E-state index in [1.165, 1.54) is 12.1 Å². The van der Waals surface area contributed by atoms with Crippen molar-refractivity contribution in [3.8, 4) is 11.8 Å². The number of halogens is 1. The van der Waals surface area contributed by atoms with E-state index in [0.717, 1.165) is 43.2 Å². The molecule has 0 bridgehead atoms. The van der Waals surface area contributed by atoms with Crippen molar-refractivity contribution in [1.29, 1.82) is 5.26 Å². The van der Waals surface area contributed by atoms with Crippen LogP contribution in [-0.2, 0) is 0 Å². The first-order valence-corrected chi connectivity index (χ1v) is 7.83. The molecule has 1 aliphatic rings. The van der Waals surface area contributed by atoms with Crippen LogP contribution < -0.4 is 14.5 Å². The first kappa shape index (κ1) is 16.1. The second-order valence-corrected chi connectivity index (χ2v) is 5.74. The first-order valence-electron chi connectivity index (χ1n) is 7.83. The van der Waals surface area contributed by atoms with E-state index in [2.05, 4.69) is 20.9 Å². The Hall–Kier alpha value is -2.81. The fourth-order valence-corrected chi connectivity index (χ4v) is 2.90. The predicted molar refractivity (Wildman–Crippen MR) is 91.1 cm³/mol. The summed E-state index contributed by atoms with van der Waals surface area (Å²) in [6.07, 6.45) is 0. The van der Waals surface area contributed by atoms with Gasteiger partial charge in [-0.1, -0.05) is 6.07 Å². The number of rotatable bonds is 3. The lowest BCUT2D eigenvalue weighted by Gasteiger charge is -2.37. The summed E-state index contributed by atoms with van der Waals surface area (Å²) in [6.45, 7) is 5.00. The van der Waals surface area contributed by atoms with Crippen LogP contribution in [0, 0.1) is 24.1 Å². The van der Waals surface area contributed by atoms with E-state index in [4.69, 9.17) is 10.00 Å². The molecule has 1 fully saturated rings. The van der Waals surface area contributed by atoms with Gasteiger partial charge in [-0.2, -0.15) is 5.26 Å². The van der Waals surface area contributed by atoms with Crippen LogP contribution in [0.1, 0.15) is 11.3 Å². The summed E-state index contributed by atoms with van der Waals surface area (Å²) in [6, 6.07) is 10.6. The van der Waals surface area contributed by atoms with E-state index < -0.39 is 0 Å². The normalized spacial score (nSPS) is 14.4. The summed E-state index contributed by atoms with van der Waals surface area (Å²) in [5, 5.41) is 9.13. The van der Waals surface area contributed by atoms with Crippen molar-refractivity contribution in [2.45, 2.75) is 6.92 Å². The van der Waals surface area contributed by atoms with Gasteiger partial charge in [-0.05, 0) is 30.7 Å². The quantitative estimate of drug-likeness (QED) is 0.868. The fourth-order valence-electron chi connectivity index (χ4n) is 2.90. The third kappa shape index (κ3) is 3.11. The van der Waals surface area contributed by atoms with Gasteiger partial charge in [0.1, 0.15) is 29.1 Å². The maximum atomic E-state index is 13.3. The van der Waals surface area contributed by atoms with Crippen LogP contribution in [0.15, 0.2) is 30.3 Å². The number of nitriles is 1. The fraction of sp³-hybridized carbons (Fsp3) is 0.333. The molecule has 124 valence electrons. The lowest BCUT2D eigenvalue weighted by atomic mass is 10.2. The molecule has 0 N–H and O–H groups in total. The predicted octanol–water partition coefficient (Wildman–Crippen LogP) is 2.74.